The third kappa shape index (κ3) is 1.49. The predicted octanol–water partition coefficient (Wildman–Crippen LogP) is 2.68. The molecule has 2 aliphatic carbocycles. The van der Waals surface area contributed by atoms with Crippen LogP contribution >= 0.6 is 0 Å². The van der Waals surface area contributed by atoms with Crippen LogP contribution in [0.2, 0.25) is 0 Å². The Morgan fingerprint density at radius 2 is 1.86 bits per heavy atom. The number of pyridine rings is 1. The molecule has 1 aromatic heterocycles. The summed E-state index contributed by atoms with van der Waals surface area (Å²) in [6, 6.07) is 4.86. The highest BCUT2D eigenvalue weighted by atomic mass is 14.9. The van der Waals surface area contributed by atoms with Gasteiger partial charge in [0.2, 0.25) is 0 Å². The molecule has 0 aliphatic heterocycles. The van der Waals surface area contributed by atoms with Crippen LogP contribution in [0, 0.1) is 11.8 Å². The van der Waals surface area contributed by atoms with E-state index in [2.05, 4.69) is 22.4 Å². The fourth-order valence-corrected chi connectivity index (χ4v) is 2.46. The lowest BCUT2D eigenvalue weighted by Crippen LogP contribution is -2.39. The number of hydrogen-bond acceptors (Lipinski definition) is 2. The molecule has 2 saturated carbocycles. The van der Waals surface area contributed by atoms with Crippen LogP contribution in [0.15, 0.2) is 24.5 Å². The van der Waals surface area contributed by atoms with E-state index in [0.717, 1.165) is 17.9 Å². The Hall–Kier alpha value is -1.05. The fourth-order valence-electron chi connectivity index (χ4n) is 2.46. The third-order valence-corrected chi connectivity index (χ3v) is 3.59. The number of hydrogen-bond donors (Lipinski definition) is 1. The lowest BCUT2D eigenvalue weighted by molar-refractivity contribution is 0.243. The van der Waals surface area contributed by atoms with E-state index in [1.54, 1.807) is 0 Å². The van der Waals surface area contributed by atoms with Gasteiger partial charge in [-0.2, -0.15) is 0 Å². The van der Waals surface area contributed by atoms with Gasteiger partial charge in [-0.3, -0.25) is 4.98 Å². The van der Waals surface area contributed by atoms with Gasteiger partial charge in [-0.25, -0.2) is 0 Å². The smallest absolute Gasteiger partial charge is 0.0373 e. The molecule has 2 aliphatic rings. The van der Waals surface area contributed by atoms with E-state index in [0.29, 0.717) is 0 Å². The summed E-state index contributed by atoms with van der Waals surface area (Å²) in [6.07, 6.45) is 9.44. The molecule has 1 N–H and O–H groups in total. The Kier molecular flexibility index (Phi) is 1.93. The van der Waals surface area contributed by atoms with Gasteiger partial charge in [-0.15, -0.1) is 0 Å². The minimum atomic E-state index is 0.741. The highest BCUT2D eigenvalue weighted by Crippen LogP contribution is 2.47. The molecule has 0 bridgehead atoms. The Balaban J connectivity index is 1.62. The van der Waals surface area contributed by atoms with Crippen molar-refractivity contribution >= 4 is 5.69 Å². The summed E-state index contributed by atoms with van der Waals surface area (Å²) in [6.45, 7) is 0. The number of aromatic nitrogens is 1. The van der Waals surface area contributed by atoms with E-state index in [-0.39, 0.29) is 0 Å². The van der Waals surface area contributed by atoms with Gasteiger partial charge in [0, 0.05) is 24.1 Å². The Morgan fingerprint density at radius 1 is 1.07 bits per heavy atom. The second-order valence-corrected chi connectivity index (χ2v) is 4.57. The van der Waals surface area contributed by atoms with Gasteiger partial charge in [-0.05, 0) is 49.7 Å². The molecule has 2 fully saturated rings. The van der Waals surface area contributed by atoms with E-state index >= 15 is 0 Å². The molecule has 14 heavy (non-hydrogen) atoms. The molecule has 2 heteroatoms. The number of nitrogens with one attached hydrogen (secondary N) is 1. The Bertz CT molecular complexity index is 305. The quantitative estimate of drug-likeness (QED) is 0.788. The number of rotatable bonds is 3. The maximum Gasteiger partial charge on any atom is 0.0373 e. The van der Waals surface area contributed by atoms with Crippen molar-refractivity contribution in [2.45, 2.75) is 31.7 Å². The molecule has 0 aromatic carbocycles. The topological polar surface area (TPSA) is 24.9 Å². The summed E-state index contributed by atoms with van der Waals surface area (Å²) < 4.78 is 0. The minimum Gasteiger partial charge on any atom is -0.382 e. The molecule has 0 radical (unpaired) electrons. The maximum absolute atomic E-state index is 4.02. The van der Waals surface area contributed by atoms with Gasteiger partial charge in [0.15, 0.2) is 0 Å². The standard InChI is InChI=1S/C12H16N2/c1-2-9(1)11-3-4-12(11)14-10-5-7-13-8-6-10/h5-9,11-12H,1-4H2,(H,13,14). The average molecular weight is 188 g/mol. The molecule has 1 heterocycles. The molecule has 1 aromatic rings. The predicted molar refractivity (Wildman–Crippen MR) is 57.1 cm³/mol. The van der Waals surface area contributed by atoms with Crippen molar-refractivity contribution in [3.63, 3.8) is 0 Å². The van der Waals surface area contributed by atoms with Crippen LogP contribution < -0.4 is 5.32 Å². The minimum absolute atomic E-state index is 0.741. The summed E-state index contributed by atoms with van der Waals surface area (Å²) in [4.78, 5) is 4.02. The molecule has 0 spiro atoms. The molecule has 0 amide bonds. The zero-order valence-electron chi connectivity index (χ0n) is 8.32. The summed E-state index contributed by atoms with van der Waals surface area (Å²) in [7, 11) is 0. The monoisotopic (exact) mass is 188 g/mol. The molecule has 0 saturated heterocycles. The van der Waals surface area contributed by atoms with E-state index in [1.165, 1.54) is 31.4 Å². The average Bonchev–Trinajstić information content (AvgIpc) is 2.99. The van der Waals surface area contributed by atoms with Gasteiger partial charge in [0.25, 0.3) is 0 Å². The van der Waals surface area contributed by atoms with E-state index in [9.17, 15) is 0 Å². The summed E-state index contributed by atoms with van der Waals surface area (Å²) in [5, 5.41) is 3.61. The van der Waals surface area contributed by atoms with Crippen molar-refractivity contribution in [1.82, 2.24) is 4.98 Å². The highest BCUT2D eigenvalue weighted by Gasteiger charge is 2.41. The van der Waals surface area contributed by atoms with Crippen molar-refractivity contribution in [1.29, 1.82) is 0 Å². The van der Waals surface area contributed by atoms with Crippen LogP contribution in [-0.4, -0.2) is 11.0 Å². The van der Waals surface area contributed by atoms with Gasteiger partial charge in [-0.1, -0.05) is 0 Å². The van der Waals surface area contributed by atoms with Crippen LogP contribution in [0.25, 0.3) is 0 Å². The number of anilines is 1. The second-order valence-electron chi connectivity index (χ2n) is 4.57. The first-order valence-electron chi connectivity index (χ1n) is 5.60. The van der Waals surface area contributed by atoms with Crippen LogP contribution in [0.5, 0.6) is 0 Å². The molecule has 2 unspecified atom stereocenters. The Labute approximate surface area is 84.7 Å². The first-order valence-corrected chi connectivity index (χ1v) is 5.60. The van der Waals surface area contributed by atoms with E-state index in [1.807, 2.05) is 12.4 Å². The summed E-state index contributed by atoms with van der Waals surface area (Å²) >= 11 is 0. The van der Waals surface area contributed by atoms with E-state index in [4.69, 9.17) is 0 Å². The van der Waals surface area contributed by atoms with Crippen LogP contribution in [0.1, 0.15) is 25.7 Å². The molecule has 2 atom stereocenters. The molecule has 74 valence electrons. The second kappa shape index (κ2) is 3.26. The van der Waals surface area contributed by atoms with Gasteiger partial charge in [0.1, 0.15) is 0 Å². The zero-order valence-corrected chi connectivity index (χ0v) is 8.32. The zero-order chi connectivity index (χ0) is 9.38. The van der Waals surface area contributed by atoms with Crippen LogP contribution in [0.3, 0.4) is 0 Å². The SMILES string of the molecule is c1cc(NC2CCC2C2CC2)ccn1. The third-order valence-electron chi connectivity index (χ3n) is 3.59. The van der Waals surface area contributed by atoms with Gasteiger partial charge >= 0.3 is 0 Å². The first-order chi connectivity index (χ1) is 6.93. The largest absolute Gasteiger partial charge is 0.382 e. The van der Waals surface area contributed by atoms with E-state index < -0.39 is 0 Å². The molecular formula is C12H16N2. The van der Waals surface area contributed by atoms with Crippen molar-refractivity contribution in [3.05, 3.63) is 24.5 Å². The van der Waals surface area contributed by atoms with Crippen molar-refractivity contribution in [2.24, 2.45) is 11.8 Å². The number of nitrogens with zero attached hydrogens (tertiary/aromatic N) is 1. The molecule has 3 rings (SSSR count). The summed E-state index contributed by atoms with van der Waals surface area (Å²) in [5.41, 5.74) is 1.23. The fraction of sp³-hybridized carbons (Fsp3) is 0.583. The molecular weight excluding hydrogens is 172 g/mol. The molecule has 2 nitrogen and oxygen atoms in total. The van der Waals surface area contributed by atoms with Crippen molar-refractivity contribution in [3.8, 4) is 0 Å². The van der Waals surface area contributed by atoms with Crippen molar-refractivity contribution in [2.75, 3.05) is 5.32 Å². The van der Waals surface area contributed by atoms with Crippen LogP contribution in [-0.2, 0) is 0 Å². The summed E-state index contributed by atoms with van der Waals surface area (Å²) in [5.74, 6) is 2.01. The van der Waals surface area contributed by atoms with Crippen LogP contribution in [0.4, 0.5) is 5.69 Å². The van der Waals surface area contributed by atoms with Gasteiger partial charge < -0.3 is 5.32 Å². The van der Waals surface area contributed by atoms with Gasteiger partial charge in [0.05, 0.1) is 0 Å². The lowest BCUT2D eigenvalue weighted by Gasteiger charge is -2.38. The van der Waals surface area contributed by atoms with Crippen molar-refractivity contribution < 1.29 is 0 Å². The highest BCUT2D eigenvalue weighted by molar-refractivity contribution is 5.42. The normalized spacial score (nSPS) is 30.9. The first kappa shape index (κ1) is 8.27. The Morgan fingerprint density at radius 3 is 2.43 bits per heavy atom. The lowest BCUT2D eigenvalue weighted by atomic mass is 9.76. The maximum atomic E-state index is 4.02.